The maximum absolute atomic E-state index is 12.1. The summed E-state index contributed by atoms with van der Waals surface area (Å²) in [5.74, 6) is 0.758. The Balaban J connectivity index is 2.05. The first-order valence-electron chi connectivity index (χ1n) is 6.37. The first-order chi connectivity index (χ1) is 9.90. The predicted molar refractivity (Wildman–Crippen MR) is 75.1 cm³/mol. The van der Waals surface area contributed by atoms with E-state index in [4.69, 9.17) is 9.15 Å². The van der Waals surface area contributed by atoms with Crippen LogP contribution in [-0.4, -0.2) is 10.9 Å². The summed E-state index contributed by atoms with van der Waals surface area (Å²) in [5.41, 5.74) is 1.89. The normalized spacial score (nSPS) is 10.4. The van der Waals surface area contributed by atoms with Gasteiger partial charge < -0.3 is 9.15 Å². The molecular formula is C15H15NO5. The van der Waals surface area contributed by atoms with Gasteiger partial charge in [0.2, 0.25) is 0 Å². The minimum absolute atomic E-state index is 0.00206. The lowest BCUT2D eigenvalue weighted by Gasteiger charge is -2.05. The molecule has 0 fully saturated rings. The number of aryl methyl sites for hydroxylation is 2. The first kappa shape index (κ1) is 14.8. The molecule has 0 saturated heterocycles. The zero-order valence-electron chi connectivity index (χ0n) is 12.0. The Morgan fingerprint density at radius 1 is 1.19 bits per heavy atom. The highest BCUT2D eigenvalue weighted by atomic mass is 16.6. The summed E-state index contributed by atoms with van der Waals surface area (Å²) < 4.78 is 10.6. The van der Waals surface area contributed by atoms with Crippen LogP contribution in [0.4, 0.5) is 5.69 Å². The van der Waals surface area contributed by atoms with Crippen LogP contribution in [0.1, 0.15) is 33.0 Å². The van der Waals surface area contributed by atoms with Crippen LogP contribution >= 0.6 is 0 Å². The Hall–Kier alpha value is -2.63. The highest BCUT2D eigenvalue weighted by Gasteiger charge is 2.19. The van der Waals surface area contributed by atoms with Crippen LogP contribution in [0.15, 0.2) is 28.7 Å². The second-order valence-corrected chi connectivity index (χ2v) is 4.71. The van der Waals surface area contributed by atoms with Gasteiger partial charge in [0.15, 0.2) is 0 Å². The Morgan fingerprint density at radius 2 is 1.81 bits per heavy atom. The van der Waals surface area contributed by atoms with E-state index in [2.05, 4.69) is 0 Å². The Kier molecular flexibility index (Phi) is 4.07. The average Bonchev–Trinajstić information content (AvgIpc) is 2.70. The van der Waals surface area contributed by atoms with E-state index in [0.29, 0.717) is 22.6 Å². The monoisotopic (exact) mass is 289 g/mol. The van der Waals surface area contributed by atoms with Crippen molar-refractivity contribution in [2.75, 3.05) is 0 Å². The number of esters is 1. The van der Waals surface area contributed by atoms with E-state index in [1.54, 1.807) is 32.9 Å². The topological polar surface area (TPSA) is 82.6 Å². The number of benzene rings is 1. The van der Waals surface area contributed by atoms with Crippen LogP contribution in [0.25, 0.3) is 0 Å². The third kappa shape index (κ3) is 3.10. The lowest BCUT2D eigenvalue weighted by molar-refractivity contribution is -0.384. The minimum atomic E-state index is -0.475. The van der Waals surface area contributed by atoms with Gasteiger partial charge in [-0.3, -0.25) is 10.1 Å². The van der Waals surface area contributed by atoms with Gasteiger partial charge in [0.05, 0.1) is 4.92 Å². The molecule has 1 aromatic carbocycles. The second-order valence-electron chi connectivity index (χ2n) is 4.71. The molecule has 0 amide bonds. The van der Waals surface area contributed by atoms with Crippen molar-refractivity contribution in [1.82, 2.24) is 0 Å². The van der Waals surface area contributed by atoms with E-state index in [-0.39, 0.29) is 12.3 Å². The maximum atomic E-state index is 12.1. The number of ether oxygens (including phenoxy) is 1. The molecule has 1 aromatic heterocycles. The molecule has 2 aromatic rings. The molecule has 0 saturated carbocycles. The molecule has 2 rings (SSSR count). The van der Waals surface area contributed by atoms with Gasteiger partial charge >= 0.3 is 5.97 Å². The molecule has 0 aliphatic heterocycles. The third-order valence-corrected chi connectivity index (χ3v) is 3.28. The van der Waals surface area contributed by atoms with Gasteiger partial charge in [0.1, 0.15) is 23.7 Å². The fourth-order valence-electron chi connectivity index (χ4n) is 2.03. The number of nitrogens with zero attached hydrogens (tertiary/aromatic N) is 1. The van der Waals surface area contributed by atoms with E-state index in [1.165, 1.54) is 12.1 Å². The zero-order valence-corrected chi connectivity index (χ0v) is 12.0. The van der Waals surface area contributed by atoms with Crippen LogP contribution in [0, 0.1) is 30.9 Å². The molecular weight excluding hydrogens is 274 g/mol. The zero-order chi connectivity index (χ0) is 15.6. The first-order valence-corrected chi connectivity index (χ1v) is 6.37. The molecule has 110 valence electrons. The minimum Gasteiger partial charge on any atom is -0.465 e. The fraction of sp³-hybridized carbons (Fsp3) is 0.267. The fourth-order valence-corrected chi connectivity index (χ4v) is 2.03. The number of nitro benzene ring substituents is 1. The van der Waals surface area contributed by atoms with Gasteiger partial charge in [0, 0.05) is 17.7 Å². The molecule has 6 nitrogen and oxygen atoms in total. The molecule has 1 heterocycles. The average molecular weight is 289 g/mol. The van der Waals surface area contributed by atoms with E-state index < -0.39 is 10.9 Å². The SMILES string of the molecule is Cc1oc(C)c(C(=O)OCc2ccc([N+](=O)[O-])cc2)c1C. The van der Waals surface area contributed by atoms with Gasteiger partial charge in [-0.1, -0.05) is 0 Å². The van der Waals surface area contributed by atoms with Crippen LogP contribution in [-0.2, 0) is 11.3 Å². The van der Waals surface area contributed by atoms with Gasteiger partial charge in [-0.2, -0.15) is 0 Å². The second kappa shape index (κ2) is 5.78. The van der Waals surface area contributed by atoms with Crippen molar-refractivity contribution >= 4 is 11.7 Å². The van der Waals surface area contributed by atoms with Crippen molar-refractivity contribution in [3.63, 3.8) is 0 Å². The van der Waals surface area contributed by atoms with Crippen molar-refractivity contribution in [3.8, 4) is 0 Å². The number of furan rings is 1. The summed E-state index contributed by atoms with van der Waals surface area (Å²) in [4.78, 5) is 22.1. The quantitative estimate of drug-likeness (QED) is 0.489. The summed E-state index contributed by atoms with van der Waals surface area (Å²) in [7, 11) is 0. The van der Waals surface area contributed by atoms with Crippen molar-refractivity contribution < 1.29 is 18.9 Å². The Bertz CT molecular complexity index is 685. The largest absolute Gasteiger partial charge is 0.465 e. The number of rotatable bonds is 4. The molecule has 0 radical (unpaired) electrons. The standard InChI is InChI=1S/C15H15NO5/c1-9-10(2)21-11(3)14(9)15(17)20-8-12-4-6-13(7-5-12)16(18)19/h4-7H,8H2,1-3H3. The van der Waals surface area contributed by atoms with Gasteiger partial charge in [-0.25, -0.2) is 4.79 Å². The van der Waals surface area contributed by atoms with Gasteiger partial charge in [-0.05, 0) is 38.5 Å². The van der Waals surface area contributed by atoms with Crippen molar-refractivity contribution in [2.45, 2.75) is 27.4 Å². The van der Waals surface area contributed by atoms with Crippen LogP contribution < -0.4 is 0 Å². The van der Waals surface area contributed by atoms with Gasteiger partial charge in [-0.15, -0.1) is 0 Å². The highest BCUT2D eigenvalue weighted by Crippen LogP contribution is 2.22. The molecule has 21 heavy (non-hydrogen) atoms. The summed E-state index contributed by atoms with van der Waals surface area (Å²) in [5, 5.41) is 10.6. The third-order valence-electron chi connectivity index (χ3n) is 3.28. The molecule has 0 aliphatic rings. The van der Waals surface area contributed by atoms with Crippen molar-refractivity contribution in [3.05, 3.63) is 62.6 Å². The molecule has 0 aliphatic carbocycles. The van der Waals surface area contributed by atoms with Crippen molar-refractivity contribution in [1.29, 1.82) is 0 Å². The Labute approximate surface area is 121 Å². The lowest BCUT2D eigenvalue weighted by Crippen LogP contribution is -2.07. The number of non-ortho nitro benzene ring substituents is 1. The lowest BCUT2D eigenvalue weighted by atomic mass is 10.1. The summed E-state index contributed by atoms with van der Waals surface area (Å²) in [6.45, 7) is 5.35. The van der Waals surface area contributed by atoms with Gasteiger partial charge in [0.25, 0.3) is 5.69 Å². The molecule has 0 unspecified atom stereocenters. The number of hydrogen-bond acceptors (Lipinski definition) is 5. The van der Waals surface area contributed by atoms with Crippen LogP contribution in [0.5, 0.6) is 0 Å². The summed E-state index contributed by atoms with van der Waals surface area (Å²) >= 11 is 0. The molecule has 6 heteroatoms. The van der Waals surface area contributed by atoms with Crippen LogP contribution in [0.3, 0.4) is 0 Å². The number of carbonyl (C=O) groups is 1. The van der Waals surface area contributed by atoms with E-state index in [0.717, 1.165) is 5.56 Å². The number of nitro groups is 1. The summed E-state index contributed by atoms with van der Waals surface area (Å²) in [6, 6.07) is 5.88. The molecule has 0 atom stereocenters. The predicted octanol–water partition coefficient (Wildman–Crippen LogP) is 3.47. The van der Waals surface area contributed by atoms with Crippen LogP contribution in [0.2, 0.25) is 0 Å². The highest BCUT2D eigenvalue weighted by molar-refractivity contribution is 5.92. The summed E-state index contributed by atoms with van der Waals surface area (Å²) in [6.07, 6.45) is 0. The maximum Gasteiger partial charge on any atom is 0.342 e. The molecule has 0 spiro atoms. The van der Waals surface area contributed by atoms with E-state index in [9.17, 15) is 14.9 Å². The number of carbonyl (C=O) groups excluding carboxylic acids is 1. The van der Waals surface area contributed by atoms with Crippen molar-refractivity contribution in [2.24, 2.45) is 0 Å². The van der Waals surface area contributed by atoms with E-state index >= 15 is 0 Å². The Morgan fingerprint density at radius 3 is 2.29 bits per heavy atom. The molecule has 0 bridgehead atoms. The van der Waals surface area contributed by atoms with E-state index in [1.807, 2.05) is 0 Å². The number of hydrogen-bond donors (Lipinski definition) is 0. The smallest absolute Gasteiger partial charge is 0.342 e. The molecule has 0 N–H and O–H groups in total.